The van der Waals surface area contributed by atoms with Gasteiger partial charge in [0.1, 0.15) is 17.1 Å². The van der Waals surface area contributed by atoms with Crippen molar-refractivity contribution in [2.24, 2.45) is 17.8 Å². The molecule has 0 unspecified atom stereocenters. The van der Waals surface area contributed by atoms with Gasteiger partial charge in [-0.2, -0.15) is 0 Å². The molecule has 5 fully saturated rings. The highest BCUT2D eigenvalue weighted by Gasteiger charge is 2.51. The average Bonchev–Trinajstić information content (AvgIpc) is 3.39. The van der Waals surface area contributed by atoms with Crippen LogP contribution in [0.2, 0.25) is 0 Å². The number of nitrogens with one attached hydrogen (secondary N) is 1. The highest BCUT2D eigenvalue weighted by atomic mass is 16.4. The molecule has 3 aromatic rings. The molecule has 2 aromatic carbocycles. The second-order valence-electron chi connectivity index (χ2n) is 11.8. The summed E-state index contributed by atoms with van der Waals surface area (Å²) in [5.74, 6) is 0.430. The molecule has 1 aliphatic heterocycles. The number of carbonyl (C=O) groups is 4. The number of barbiturate groups is 1. The van der Waals surface area contributed by atoms with Gasteiger partial charge in [-0.25, -0.2) is 14.5 Å². The van der Waals surface area contributed by atoms with Gasteiger partial charge in [0, 0.05) is 5.56 Å². The number of carbonyl (C=O) groups excluding carboxylic acids is 3. The highest BCUT2D eigenvalue weighted by Crippen LogP contribution is 2.60. The summed E-state index contributed by atoms with van der Waals surface area (Å²) in [7, 11) is 0. The molecule has 4 amide bonds. The van der Waals surface area contributed by atoms with Crippen LogP contribution in [-0.4, -0.2) is 28.9 Å². The molecule has 2 heterocycles. The minimum Gasteiger partial charge on any atom is -0.478 e. The number of hydrogen-bond acceptors (Lipinski definition) is 5. The minimum atomic E-state index is -1.06. The van der Waals surface area contributed by atoms with E-state index in [-0.39, 0.29) is 22.3 Å². The number of urea groups is 1. The Morgan fingerprint density at radius 1 is 0.925 bits per heavy atom. The Morgan fingerprint density at radius 2 is 1.60 bits per heavy atom. The Kier molecular flexibility index (Phi) is 5.56. The van der Waals surface area contributed by atoms with Gasteiger partial charge in [-0.1, -0.05) is 24.3 Å². The predicted octanol–water partition coefficient (Wildman–Crippen LogP) is 5.78. The van der Waals surface area contributed by atoms with Crippen LogP contribution in [0.5, 0.6) is 0 Å². The number of nitrogens with zero attached hydrogens (tertiary/aromatic N) is 1. The van der Waals surface area contributed by atoms with Crippen molar-refractivity contribution in [2.75, 3.05) is 4.90 Å². The molecular weight excluding hydrogens is 508 g/mol. The Bertz CT molecular complexity index is 1560. The fraction of sp³-hybridized carbons (Fsp3) is 0.312. The van der Waals surface area contributed by atoms with E-state index >= 15 is 0 Å². The van der Waals surface area contributed by atoms with Crippen LogP contribution in [0.3, 0.4) is 0 Å². The maximum absolute atomic E-state index is 13.4. The van der Waals surface area contributed by atoms with Crippen molar-refractivity contribution in [2.45, 2.75) is 43.9 Å². The van der Waals surface area contributed by atoms with Gasteiger partial charge < -0.3 is 9.52 Å². The maximum atomic E-state index is 13.4. The lowest BCUT2D eigenvalue weighted by Gasteiger charge is -2.57. The van der Waals surface area contributed by atoms with Crippen LogP contribution in [0.4, 0.5) is 10.5 Å². The normalized spacial score (nSPS) is 28.3. The Hall–Kier alpha value is -4.46. The number of aromatic carboxylic acids is 1. The number of imide groups is 2. The molecule has 8 nitrogen and oxygen atoms in total. The molecule has 1 aromatic heterocycles. The van der Waals surface area contributed by atoms with E-state index in [4.69, 9.17) is 4.42 Å². The van der Waals surface area contributed by atoms with E-state index in [1.807, 2.05) is 12.1 Å². The third-order valence-corrected chi connectivity index (χ3v) is 9.19. The molecule has 2 N–H and O–H groups in total. The number of carboxylic acids is 1. The van der Waals surface area contributed by atoms with Gasteiger partial charge in [0.15, 0.2) is 0 Å². The second-order valence-corrected chi connectivity index (χ2v) is 11.8. The van der Waals surface area contributed by atoms with Crippen LogP contribution in [0.1, 0.15) is 60.2 Å². The van der Waals surface area contributed by atoms with Crippen molar-refractivity contribution >= 4 is 35.6 Å². The highest BCUT2D eigenvalue weighted by molar-refractivity contribution is 6.39. The van der Waals surface area contributed by atoms with Crippen molar-refractivity contribution in [3.63, 3.8) is 0 Å². The topological polar surface area (TPSA) is 117 Å². The molecule has 8 heteroatoms. The van der Waals surface area contributed by atoms with Gasteiger partial charge in [0.25, 0.3) is 11.8 Å². The fourth-order valence-corrected chi connectivity index (χ4v) is 7.85. The molecule has 4 bridgehead atoms. The van der Waals surface area contributed by atoms with Crippen LogP contribution < -0.4 is 10.2 Å². The van der Waals surface area contributed by atoms with Gasteiger partial charge in [-0.05, 0) is 110 Å². The van der Waals surface area contributed by atoms with Gasteiger partial charge >= 0.3 is 12.0 Å². The summed E-state index contributed by atoms with van der Waals surface area (Å²) in [5.41, 5.74) is 2.30. The molecule has 1 saturated heterocycles. The summed E-state index contributed by atoms with van der Waals surface area (Å²) < 4.78 is 5.80. The Labute approximate surface area is 230 Å². The van der Waals surface area contributed by atoms with Gasteiger partial charge in [-0.3, -0.25) is 14.9 Å². The summed E-state index contributed by atoms with van der Waals surface area (Å²) >= 11 is 0. The lowest BCUT2D eigenvalue weighted by atomic mass is 9.48. The SMILES string of the molecule is O=C1NC(=O)N(c2ccc(C34CC5CC(CC(C5)C3)C4)cc2)C(=O)/C1=C\c1ccc(-c2cccc(C(=O)O)c2)o1. The van der Waals surface area contributed by atoms with Crippen LogP contribution in [0, 0.1) is 17.8 Å². The predicted molar refractivity (Wildman–Crippen MR) is 146 cm³/mol. The number of benzene rings is 2. The second kappa shape index (κ2) is 9.05. The van der Waals surface area contributed by atoms with E-state index in [0.29, 0.717) is 17.0 Å². The molecular formula is C32H28N2O6. The zero-order chi connectivity index (χ0) is 27.6. The third kappa shape index (κ3) is 4.06. The fourth-order valence-electron chi connectivity index (χ4n) is 7.85. The van der Waals surface area contributed by atoms with Crippen molar-refractivity contribution in [1.82, 2.24) is 5.32 Å². The van der Waals surface area contributed by atoms with Crippen LogP contribution in [-0.2, 0) is 15.0 Å². The first kappa shape index (κ1) is 24.6. The maximum Gasteiger partial charge on any atom is 0.335 e. The molecule has 40 heavy (non-hydrogen) atoms. The van der Waals surface area contributed by atoms with E-state index in [2.05, 4.69) is 5.32 Å². The van der Waals surface area contributed by atoms with E-state index in [9.17, 15) is 24.3 Å². The van der Waals surface area contributed by atoms with Gasteiger partial charge in [0.05, 0.1) is 11.3 Å². The molecule has 0 atom stereocenters. The first-order chi connectivity index (χ1) is 19.3. The summed E-state index contributed by atoms with van der Waals surface area (Å²) in [6, 6.07) is 16.4. The van der Waals surface area contributed by atoms with Crippen molar-refractivity contribution in [3.8, 4) is 11.3 Å². The number of anilines is 1. The number of furan rings is 1. The first-order valence-corrected chi connectivity index (χ1v) is 13.7. The van der Waals surface area contributed by atoms with E-state index in [1.54, 1.807) is 36.4 Å². The van der Waals surface area contributed by atoms with Crippen molar-refractivity contribution in [1.29, 1.82) is 0 Å². The molecule has 0 spiro atoms. The van der Waals surface area contributed by atoms with Crippen LogP contribution >= 0.6 is 0 Å². The Balaban J connectivity index is 1.15. The zero-order valence-electron chi connectivity index (χ0n) is 21.8. The number of rotatable bonds is 5. The minimum absolute atomic E-state index is 0.110. The quantitative estimate of drug-likeness (QED) is 0.315. The van der Waals surface area contributed by atoms with Crippen LogP contribution in [0.25, 0.3) is 17.4 Å². The smallest absolute Gasteiger partial charge is 0.335 e. The number of amides is 4. The van der Waals surface area contributed by atoms with Crippen molar-refractivity contribution in [3.05, 3.63) is 83.1 Å². The van der Waals surface area contributed by atoms with Crippen molar-refractivity contribution < 1.29 is 28.7 Å². The summed E-state index contributed by atoms with van der Waals surface area (Å²) in [5, 5.41) is 11.5. The summed E-state index contributed by atoms with van der Waals surface area (Å²) in [6.45, 7) is 0. The van der Waals surface area contributed by atoms with E-state index < -0.39 is 23.8 Å². The lowest BCUT2D eigenvalue weighted by Crippen LogP contribution is -2.54. The van der Waals surface area contributed by atoms with Crippen LogP contribution in [0.15, 0.2) is 70.7 Å². The first-order valence-electron chi connectivity index (χ1n) is 13.7. The molecule has 202 valence electrons. The van der Waals surface area contributed by atoms with E-state index in [0.717, 1.165) is 22.7 Å². The number of carboxylic acid groups (broad SMARTS) is 1. The summed E-state index contributed by atoms with van der Waals surface area (Å²) in [4.78, 5) is 51.1. The third-order valence-electron chi connectivity index (χ3n) is 9.19. The largest absolute Gasteiger partial charge is 0.478 e. The zero-order valence-corrected chi connectivity index (χ0v) is 21.8. The molecule has 4 aliphatic carbocycles. The monoisotopic (exact) mass is 536 g/mol. The molecule has 5 aliphatic rings. The van der Waals surface area contributed by atoms with Gasteiger partial charge in [0.2, 0.25) is 0 Å². The lowest BCUT2D eigenvalue weighted by molar-refractivity contribution is -0.122. The van der Waals surface area contributed by atoms with E-state index in [1.165, 1.54) is 62.3 Å². The molecule has 0 radical (unpaired) electrons. The Morgan fingerprint density at radius 3 is 2.25 bits per heavy atom. The van der Waals surface area contributed by atoms with Gasteiger partial charge in [-0.15, -0.1) is 0 Å². The molecule has 4 saturated carbocycles. The molecule has 8 rings (SSSR count). The number of hydrogen-bond donors (Lipinski definition) is 2. The average molecular weight is 537 g/mol. The standard InChI is InChI=1S/C32H28N2O6/c35-28-26(14-25-8-9-27(40-25)21-2-1-3-22(13-21)30(37)38)29(36)34(31(39)33-28)24-6-4-23(5-7-24)32-15-18-10-19(16-32)12-20(11-18)17-32/h1-9,13-14,18-20H,10-12,15-17H2,(H,37,38)(H,33,35,39)/b26-14-. The summed E-state index contributed by atoms with van der Waals surface area (Å²) in [6.07, 6.45) is 9.02.